The van der Waals surface area contributed by atoms with Crippen LogP contribution in [0.3, 0.4) is 0 Å². The topological polar surface area (TPSA) is 113 Å². The highest BCUT2D eigenvalue weighted by atomic mass is 35.5. The molecule has 37 heavy (non-hydrogen) atoms. The van der Waals surface area contributed by atoms with Crippen molar-refractivity contribution in [2.24, 2.45) is 0 Å². The average Bonchev–Trinajstić information content (AvgIpc) is 2.88. The van der Waals surface area contributed by atoms with Crippen molar-refractivity contribution in [1.29, 1.82) is 0 Å². The van der Waals surface area contributed by atoms with Gasteiger partial charge >= 0.3 is 18.0 Å². The maximum Gasteiger partial charge on any atom is 0.357 e. The van der Waals surface area contributed by atoms with Gasteiger partial charge in [0.2, 0.25) is 0 Å². The lowest BCUT2D eigenvalue weighted by Crippen LogP contribution is -2.51. The second-order valence-corrected chi connectivity index (χ2v) is 8.91. The van der Waals surface area contributed by atoms with Gasteiger partial charge in [0.25, 0.3) is 0 Å². The van der Waals surface area contributed by atoms with Gasteiger partial charge in [-0.15, -0.1) is 0 Å². The van der Waals surface area contributed by atoms with Crippen LogP contribution in [0.15, 0.2) is 47.1 Å². The van der Waals surface area contributed by atoms with Crippen molar-refractivity contribution < 1.29 is 28.6 Å². The first-order valence-electron chi connectivity index (χ1n) is 12.1. The molecule has 11 nitrogen and oxygen atoms in total. The molecule has 0 bridgehead atoms. The Labute approximate surface area is 221 Å². The normalized spacial score (nSPS) is 16.5. The zero-order chi connectivity index (χ0) is 26.9. The number of methoxy groups -OCH3 is 1. The summed E-state index contributed by atoms with van der Waals surface area (Å²) < 4.78 is 16.1. The van der Waals surface area contributed by atoms with Gasteiger partial charge in [-0.2, -0.15) is 0 Å². The molecule has 0 spiro atoms. The summed E-state index contributed by atoms with van der Waals surface area (Å²) in [5, 5.41) is 6.28. The number of nitrogens with one attached hydrogen (secondary N) is 2. The standard InChI is InChI=1S/C25H34ClN5O6/c1-5-37-24(33)22-19(16-36-15-10-27-25(34)30-13-11-29(3)12-14-30)28-17(2)21(23(32)35-4)31(22)20-9-7-6-8-18(20)26/h6-9,28H,5,10-16H2,1-4H3,(H,27,34). The van der Waals surface area contributed by atoms with Crippen LogP contribution in [0.5, 0.6) is 0 Å². The van der Waals surface area contributed by atoms with Crippen molar-refractivity contribution in [3.63, 3.8) is 0 Å². The van der Waals surface area contributed by atoms with E-state index >= 15 is 0 Å². The number of esters is 2. The first-order chi connectivity index (χ1) is 17.8. The Morgan fingerprint density at radius 1 is 1.08 bits per heavy atom. The number of carbonyl (C=O) groups is 3. The van der Waals surface area contributed by atoms with Crippen molar-refractivity contribution >= 4 is 35.3 Å². The lowest BCUT2D eigenvalue weighted by atomic mass is 10.1. The van der Waals surface area contributed by atoms with E-state index in [-0.39, 0.29) is 37.2 Å². The number of allylic oxidation sites excluding steroid dienone is 1. The molecule has 0 unspecified atom stereocenters. The number of amides is 2. The lowest BCUT2D eigenvalue weighted by molar-refractivity contribution is -0.138. The average molecular weight is 536 g/mol. The number of likely N-dealkylation sites (N-methyl/N-ethyl adjacent to an activating group) is 1. The molecule has 0 aromatic heterocycles. The van der Waals surface area contributed by atoms with E-state index in [0.29, 0.717) is 41.7 Å². The number of para-hydroxylation sites is 1. The third kappa shape index (κ3) is 6.94. The quantitative estimate of drug-likeness (QED) is 0.361. The van der Waals surface area contributed by atoms with Crippen molar-refractivity contribution in [3.05, 3.63) is 52.1 Å². The van der Waals surface area contributed by atoms with E-state index in [1.54, 1.807) is 43.0 Å². The molecule has 2 heterocycles. The largest absolute Gasteiger partial charge is 0.464 e. The Bertz CT molecular complexity index is 1070. The van der Waals surface area contributed by atoms with Crippen LogP contribution in [0, 0.1) is 0 Å². The number of hydrogen-bond donors (Lipinski definition) is 2. The first kappa shape index (κ1) is 28.3. The fourth-order valence-electron chi connectivity index (χ4n) is 4.02. The molecule has 2 N–H and O–H groups in total. The van der Waals surface area contributed by atoms with Crippen LogP contribution in [0.25, 0.3) is 0 Å². The second kappa shape index (κ2) is 13.3. The zero-order valence-electron chi connectivity index (χ0n) is 21.6. The molecule has 3 rings (SSSR count). The molecule has 2 aliphatic heterocycles. The number of carbonyl (C=O) groups excluding carboxylic acids is 3. The maximum atomic E-state index is 13.1. The molecule has 0 radical (unpaired) electrons. The number of rotatable bonds is 9. The molecule has 1 fully saturated rings. The Morgan fingerprint density at radius 2 is 1.78 bits per heavy atom. The fraction of sp³-hybridized carbons (Fsp3) is 0.480. The number of halogens is 1. The Morgan fingerprint density at radius 3 is 2.43 bits per heavy atom. The zero-order valence-corrected chi connectivity index (χ0v) is 22.4. The van der Waals surface area contributed by atoms with E-state index in [2.05, 4.69) is 15.5 Å². The van der Waals surface area contributed by atoms with Gasteiger partial charge in [-0.3, -0.25) is 4.90 Å². The van der Waals surface area contributed by atoms with E-state index in [0.717, 1.165) is 13.1 Å². The first-order valence-corrected chi connectivity index (χ1v) is 12.5. The molecule has 2 aliphatic rings. The predicted octanol–water partition coefficient (Wildman–Crippen LogP) is 1.90. The van der Waals surface area contributed by atoms with E-state index < -0.39 is 11.9 Å². The Kier molecular flexibility index (Phi) is 10.2. The van der Waals surface area contributed by atoms with Gasteiger partial charge in [0.1, 0.15) is 0 Å². The predicted molar refractivity (Wildman–Crippen MR) is 139 cm³/mol. The minimum Gasteiger partial charge on any atom is -0.464 e. The van der Waals surface area contributed by atoms with E-state index in [1.807, 2.05) is 7.05 Å². The summed E-state index contributed by atoms with van der Waals surface area (Å²) in [4.78, 5) is 43.7. The molecule has 2 amide bonds. The molecule has 0 atom stereocenters. The molecular formula is C25H34ClN5O6. The highest BCUT2D eigenvalue weighted by Gasteiger charge is 2.37. The number of nitrogens with zero attached hydrogens (tertiary/aromatic N) is 3. The van der Waals surface area contributed by atoms with E-state index in [9.17, 15) is 14.4 Å². The number of ether oxygens (including phenoxy) is 3. The second-order valence-electron chi connectivity index (χ2n) is 8.50. The molecule has 1 saturated heterocycles. The summed E-state index contributed by atoms with van der Waals surface area (Å²) in [6.45, 7) is 7.02. The molecule has 1 aromatic carbocycles. The van der Waals surface area contributed by atoms with Gasteiger partial charge in [-0.1, -0.05) is 23.7 Å². The summed E-state index contributed by atoms with van der Waals surface area (Å²) >= 11 is 6.47. The molecule has 1 aromatic rings. The van der Waals surface area contributed by atoms with Gasteiger partial charge in [0.05, 0.1) is 43.3 Å². The SMILES string of the molecule is CCOC(=O)C1=C(COCCNC(=O)N2CCN(C)CC2)NC(C)=C(C(=O)OC)N1c1ccccc1Cl. The van der Waals surface area contributed by atoms with Crippen LogP contribution < -0.4 is 15.5 Å². The van der Waals surface area contributed by atoms with Gasteiger partial charge in [-0.25, -0.2) is 14.4 Å². The summed E-state index contributed by atoms with van der Waals surface area (Å²) in [5.41, 5.74) is 1.39. The number of urea groups is 1. The maximum absolute atomic E-state index is 13.1. The minimum atomic E-state index is -0.661. The number of piperazine rings is 1. The molecule has 0 saturated carbocycles. The van der Waals surface area contributed by atoms with Crippen molar-refractivity contribution in [3.8, 4) is 0 Å². The molecule has 202 valence electrons. The number of benzene rings is 1. The van der Waals surface area contributed by atoms with E-state index in [1.165, 1.54) is 12.0 Å². The number of hydrogen-bond acceptors (Lipinski definition) is 9. The third-order valence-corrected chi connectivity index (χ3v) is 6.25. The van der Waals surface area contributed by atoms with Crippen LogP contribution >= 0.6 is 11.6 Å². The highest BCUT2D eigenvalue weighted by molar-refractivity contribution is 6.33. The monoisotopic (exact) mass is 535 g/mol. The van der Waals surface area contributed by atoms with Crippen molar-refractivity contribution in [2.75, 3.05) is 71.6 Å². The van der Waals surface area contributed by atoms with Crippen LogP contribution in [-0.2, 0) is 23.8 Å². The number of anilines is 1. The van der Waals surface area contributed by atoms with Crippen LogP contribution in [0.2, 0.25) is 5.02 Å². The van der Waals surface area contributed by atoms with Crippen LogP contribution in [0.4, 0.5) is 10.5 Å². The van der Waals surface area contributed by atoms with Crippen LogP contribution in [-0.4, -0.2) is 94.5 Å². The molecule has 0 aliphatic carbocycles. The van der Waals surface area contributed by atoms with Gasteiger partial charge in [-0.05, 0) is 33.0 Å². The van der Waals surface area contributed by atoms with Gasteiger partial charge in [0.15, 0.2) is 11.4 Å². The summed E-state index contributed by atoms with van der Waals surface area (Å²) in [7, 11) is 3.29. The third-order valence-electron chi connectivity index (χ3n) is 5.93. The smallest absolute Gasteiger partial charge is 0.357 e. The molecular weight excluding hydrogens is 502 g/mol. The van der Waals surface area contributed by atoms with Crippen molar-refractivity contribution in [2.45, 2.75) is 13.8 Å². The summed E-state index contributed by atoms with van der Waals surface area (Å²) in [5.74, 6) is -1.32. The van der Waals surface area contributed by atoms with Gasteiger partial charge < -0.3 is 34.6 Å². The van der Waals surface area contributed by atoms with E-state index in [4.69, 9.17) is 25.8 Å². The molecule has 12 heteroatoms. The van der Waals surface area contributed by atoms with Crippen LogP contribution in [0.1, 0.15) is 13.8 Å². The lowest BCUT2D eigenvalue weighted by Gasteiger charge is -2.35. The Hall–Kier alpha value is -3.28. The minimum absolute atomic E-state index is 0.00866. The highest BCUT2D eigenvalue weighted by Crippen LogP contribution is 2.36. The summed E-state index contributed by atoms with van der Waals surface area (Å²) in [6, 6.07) is 6.71. The van der Waals surface area contributed by atoms with Gasteiger partial charge in [0, 0.05) is 38.4 Å². The summed E-state index contributed by atoms with van der Waals surface area (Å²) in [6.07, 6.45) is 0. The Balaban J connectivity index is 1.78. The van der Waals surface area contributed by atoms with Crippen molar-refractivity contribution in [1.82, 2.24) is 20.4 Å². The fourth-order valence-corrected chi connectivity index (χ4v) is 4.24.